The van der Waals surface area contributed by atoms with E-state index in [2.05, 4.69) is 4.98 Å². The van der Waals surface area contributed by atoms with Gasteiger partial charge in [0.25, 0.3) is 5.91 Å². The van der Waals surface area contributed by atoms with E-state index < -0.39 is 5.67 Å². The molecule has 2 fully saturated rings. The number of aromatic nitrogens is 2. The molecule has 2 aromatic carbocycles. The molecule has 3 aromatic rings. The number of nitrogens with zero attached hydrogens (tertiary/aromatic N) is 3. The number of alkyl halides is 1. The maximum absolute atomic E-state index is 15.4. The van der Waals surface area contributed by atoms with Crippen LogP contribution in [0.1, 0.15) is 62.9 Å². The van der Waals surface area contributed by atoms with Crippen molar-refractivity contribution in [3.8, 4) is 17.3 Å². The maximum atomic E-state index is 15.4. The molecule has 5 rings (SSSR count). The number of imidazole rings is 1. The number of aromatic amines is 1. The standard InChI is InChI=1S/C28H29FN4O2/c1-17-12-18(2)24(13-23(17)25-19(3)31-26(32-25)21-8-10-35-11-9-21)27(34)33-15-28(29,16-33)22-6-4-20(14-30)5-7-22/h4-7,12-13,21H,8-11,15-16H2,1-3H3,(H,31,32). The fraction of sp³-hybridized carbons (Fsp3) is 0.393. The van der Waals surface area contributed by atoms with Crippen molar-refractivity contribution in [2.24, 2.45) is 0 Å². The zero-order chi connectivity index (χ0) is 24.7. The van der Waals surface area contributed by atoms with Crippen LogP contribution in [0, 0.1) is 32.1 Å². The summed E-state index contributed by atoms with van der Waals surface area (Å²) in [5.41, 5.74) is 4.68. The summed E-state index contributed by atoms with van der Waals surface area (Å²) in [6, 6.07) is 12.5. The van der Waals surface area contributed by atoms with E-state index in [4.69, 9.17) is 15.0 Å². The lowest BCUT2D eigenvalue weighted by Gasteiger charge is -2.45. The molecule has 0 aliphatic carbocycles. The number of aryl methyl sites for hydroxylation is 3. The van der Waals surface area contributed by atoms with Gasteiger partial charge in [-0.15, -0.1) is 0 Å². The summed E-state index contributed by atoms with van der Waals surface area (Å²) in [4.78, 5) is 23.2. The molecule has 7 heteroatoms. The monoisotopic (exact) mass is 472 g/mol. The molecular formula is C28H29FN4O2. The van der Waals surface area contributed by atoms with E-state index in [1.165, 1.54) is 0 Å². The number of rotatable bonds is 4. The second kappa shape index (κ2) is 8.94. The Hall–Kier alpha value is -3.50. The van der Waals surface area contributed by atoms with Gasteiger partial charge in [-0.1, -0.05) is 18.2 Å². The lowest BCUT2D eigenvalue weighted by Crippen LogP contribution is -2.58. The first-order chi connectivity index (χ1) is 16.8. The molecule has 0 atom stereocenters. The molecule has 0 spiro atoms. The Morgan fingerprint density at radius 2 is 1.83 bits per heavy atom. The van der Waals surface area contributed by atoms with Crippen LogP contribution < -0.4 is 0 Å². The van der Waals surface area contributed by atoms with Gasteiger partial charge in [-0.05, 0) is 68.5 Å². The minimum absolute atomic E-state index is 0.00261. The lowest BCUT2D eigenvalue weighted by atomic mass is 9.86. The summed E-state index contributed by atoms with van der Waals surface area (Å²) in [5.74, 6) is 1.15. The number of hydrogen-bond donors (Lipinski definition) is 1. The van der Waals surface area contributed by atoms with E-state index in [1.54, 1.807) is 29.2 Å². The largest absolute Gasteiger partial charge is 0.381 e. The quantitative estimate of drug-likeness (QED) is 0.574. The van der Waals surface area contributed by atoms with E-state index in [9.17, 15) is 4.79 Å². The third kappa shape index (κ3) is 4.23. The average Bonchev–Trinajstić information content (AvgIpc) is 3.23. The van der Waals surface area contributed by atoms with Gasteiger partial charge in [-0.25, -0.2) is 9.37 Å². The molecule has 0 bridgehead atoms. The zero-order valence-corrected chi connectivity index (χ0v) is 20.3. The van der Waals surface area contributed by atoms with Crippen LogP contribution in [0.5, 0.6) is 0 Å². The summed E-state index contributed by atoms with van der Waals surface area (Å²) >= 11 is 0. The van der Waals surface area contributed by atoms with Crippen molar-refractivity contribution in [3.63, 3.8) is 0 Å². The number of H-pyrrole nitrogens is 1. The minimum atomic E-state index is -1.59. The summed E-state index contributed by atoms with van der Waals surface area (Å²) in [6.45, 7) is 7.42. The number of benzene rings is 2. The first-order valence-corrected chi connectivity index (χ1v) is 12.0. The predicted octanol–water partition coefficient (Wildman–Crippen LogP) is 5.09. The van der Waals surface area contributed by atoms with Gasteiger partial charge in [0.15, 0.2) is 5.67 Å². The molecule has 2 saturated heterocycles. The van der Waals surface area contributed by atoms with Crippen LogP contribution in [0.3, 0.4) is 0 Å². The van der Waals surface area contributed by atoms with Gasteiger partial charge in [0.1, 0.15) is 5.82 Å². The summed E-state index contributed by atoms with van der Waals surface area (Å²) in [6.07, 6.45) is 1.89. The van der Waals surface area contributed by atoms with Crippen molar-refractivity contribution >= 4 is 5.91 Å². The van der Waals surface area contributed by atoms with E-state index in [0.29, 0.717) is 22.6 Å². The first kappa shape index (κ1) is 23.3. The molecule has 0 saturated carbocycles. The van der Waals surface area contributed by atoms with Crippen molar-refractivity contribution in [1.82, 2.24) is 14.9 Å². The highest BCUT2D eigenvalue weighted by Crippen LogP contribution is 2.38. The zero-order valence-electron chi connectivity index (χ0n) is 20.3. The molecule has 0 unspecified atom stereocenters. The highest BCUT2D eigenvalue weighted by Gasteiger charge is 2.47. The van der Waals surface area contributed by atoms with Crippen molar-refractivity contribution in [2.45, 2.75) is 45.2 Å². The number of amides is 1. The number of likely N-dealkylation sites (tertiary alicyclic amines) is 1. The van der Waals surface area contributed by atoms with Crippen LogP contribution in [-0.4, -0.2) is 47.1 Å². The Morgan fingerprint density at radius 1 is 1.14 bits per heavy atom. The Bertz CT molecular complexity index is 1310. The lowest BCUT2D eigenvalue weighted by molar-refractivity contribution is -0.0231. The minimum Gasteiger partial charge on any atom is -0.381 e. The molecular weight excluding hydrogens is 443 g/mol. The molecule has 2 aliphatic rings. The Labute approximate surface area is 204 Å². The normalized spacial score (nSPS) is 17.6. The summed E-state index contributed by atoms with van der Waals surface area (Å²) < 4.78 is 20.9. The third-order valence-corrected chi connectivity index (χ3v) is 7.28. The number of carbonyl (C=O) groups is 1. The number of carbonyl (C=O) groups excluding carboxylic acids is 1. The van der Waals surface area contributed by atoms with E-state index in [1.807, 2.05) is 39.0 Å². The van der Waals surface area contributed by atoms with E-state index >= 15 is 4.39 Å². The van der Waals surface area contributed by atoms with Crippen LogP contribution >= 0.6 is 0 Å². The molecule has 0 radical (unpaired) electrons. The average molecular weight is 473 g/mol. The van der Waals surface area contributed by atoms with Gasteiger partial charge >= 0.3 is 0 Å². The van der Waals surface area contributed by atoms with Crippen LogP contribution in [-0.2, 0) is 10.4 Å². The topological polar surface area (TPSA) is 82.0 Å². The number of hydrogen-bond acceptors (Lipinski definition) is 4. The van der Waals surface area contributed by atoms with E-state index in [-0.39, 0.29) is 19.0 Å². The second-order valence-electron chi connectivity index (χ2n) is 9.77. The molecule has 35 heavy (non-hydrogen) atoms. The first-order valence-electron chi connectivity index (χ1n) is 12.0. The van der Waals surface area contributed by atoms with Gasteiger partial charge < -0.3 is 14.6 Å². The molecule has 2 aliphatic heterocycles. The SMILES string of the molecule is Cc1cc(C)c(-c2[nH]c(C3CCOCC3)nc2C)cc1C(=O)N1CC(F)(c2ccc(C#N)cc2)C1. The molecule has 6 nitrogen and oxygen atoms in total. The molecule has 1 amide bonds. The number of nitrogens with one attached hydrogen (secondary N) is 1. The van der Waals surface area contributed by atoms with Gasteiger partial charge in [0, 0.05) is 30.3 Å². The second-order valence-corrected chi connectivity index (χ2v) is 9.77. The Morgan fingerprint density at radius 3 is 2.49 bits per heavy atom. The van der Waals surface area contributed by atoms with Crippen molar-refractivity contribution < 1.29 is 13.9 Å². The summed E-state index contributed by atoms with van der Waals surface area (Å²) in [5, 5.41) is 8.97. The van der Waals surface area contributed by atoms with E-state index in [0.717, 1.165) is 60.0 Å². The van der Waals surface area contributed by atoms with Gasteiger partial charge in [-0.3, -0.25) is 4.79 Å². The van der Waals surface area contributed by atoms with Gasteiger partial charge in [0.05, 0.1) is 36.1 Å². The highest BCUT2D eigenvalue weighted by molar-refractivity contribution is 5.98. The van der Waals surface area contributed by atoms with Gasteiger partial charge in [-0.2, -0.15) is 5.26 Å². The molecule has 3 heterocycles. The number of ether oxygens (including phenoxy) is 1. The molecule has 1 N–H and O–H groups in total. The predicted molar refractivity (Wildman–Crippen MR) is 131 cm³/mol. The fourth-order valence-corrected chi connectivity index (χ4v) is 5.16. The van der Waals surface area contributed by atoms with Crippen molar-refractivity contribution in [3.05, 3.63) is 75.7 Å². The maximum Gasteiger partial charge on any atom is 0.254 e. The van der Waals surface area contributed by atoms with Crippen LogP contribution in [0.4, 0.5) is 4.39 Å². The number of halogens is 1. The van der Waals surface area contributed by atoms with Gasteiger partial charge in [0.2, 0.25) is 0 Å². The van der Waals surface area contributed by atoms with Crippen molar-refractivity contribution in [1.29, 1.82) is 5.26 Å². The smallest absolute Gasteiger partial charge is 0.254 e. The summed E-state index contributed by atoms with van der Waals surface area (Å²) in [7, 11) is 0. The molecule has 1 aromatic heterocycles. The Kier molecular flexibility index (Phi) is 5.94. The third-order valence-electron chi connectivity index (χ3n) is 7.28. The van der Waals surface area contributed by atoms with Crippen LogP contribution in [0.25, 0.3) is 11.3 Å². The Balaban J connectivity index is 1.38. The van der Waals surface area contributed by atoms with Crippen molar-refractivity contribution in [2.75, 3.05) is 26.3 Å². The van der Waals surface area contributed by atoms with Crippen LogP contribution in [0.2, 0.25) is 0 Å². The fourth-order valence-electron chi connectivity index (χ4n) is 5.16. The van der Waals surface area contributed by atoms with Crippen LogP contribution in [0.15, 0.2) is 36.4 Å². The molecule has 180 valence electrons. The highest BCUT2D eigenvalue weighted by atomic mass is 19.1. The number of nitriles is 1.